The van der Waals surface area contributed by atoms with E-state index in [1.807, 2.05) is 43.6 Å². The Hall–Kier alpha value is -4.10. The van der Waals surface area contributed by atoms with Gasteiger partial charge in [0.15, 0.2) is 0 Å². The predicted molar refractivity (Wildman–Crippen MR) is 110 cm³/mol. The molecule has 1 atom stereocenters. The molecule has 4 aromatic rings. The number of hydrogen-bond acceptors (Lipinski definition) is 5. The number of nitrogens with zero attached hydrogens (tertiary/aromatic N) is 6. The molecule has 30 heavy (non-hydrogen) atoms. The quantitative estimate of drug-likeness (QED) is 0.524. The molecule has 146 valence electrons. The Morgan fingerprint density at radius 1 is 1.10 bits per heavy atom. The molecule has 1 aliphatic rings. The van der Waals surface area contributed by atoms with Crippen molar-refractivity contribution in [2.75, 3.05) is 0 Å². The van der Waals surface area contributed by atoms with Crippen LogP contribution in [0.3, 0.4) is 0 Å². The highest BCUT2D eigenvalue weighted by Gasteiger charge is 2.24. The molecule has 0 fully saturated rings. The first kappa shape index (κ1) is 18.0. The minimum atomic E-state index is -0.152. The van der Waals surface area contributed by atoms with Gasteiger partial charge in [0.25, 0.3) is 0 Å². The summed E-state index contributed by atoms with van der Waals surface area (Å²) in [6.45, 7) is 0. The molecular weight excluding hydrogens is 376 g/mol. The van der Waals surface area contributed by atoms with Gasteiger partial charge in [0.2, 0.25) is 0 Å². The maximum atomic E-state index is 9.69. The second-order valence-corrected chi connectivity index (χ2v) is 7.47. The maximum absolute atomic E-state index is 9.69. The van der Waals surface area contributed by atoms with Crippen LogP contribution in [0.15, 0.2) is 48.9 Å². The van der Waals surface area contributed by atoms with Crippen LogP contribution in [-0.4, -0.2) is 19.6 Å². The minimum Gasteiger partial charge on any atom is -0.484 e. The second-order valence-electron chi connectivity index (χ2n) is 7.47. The van der Waals surface area contributed by atoms with Gasteiger partial charge in [-0.15, -0.1) is 0 Å². The molecule has 5 rings (SSSR count). The zero-order chi connectivity index (χ0) is 20.7. The van der Waals surface area contributed by atoms with Crippen molar-refractivity contribution in [2.45, 2.75) is 25.4 Å². The van der Waals surface area contributed by atoms with E-state index in [2.05, 4.69) is 22.3 Å². The average molecular weight is 394 g/mol. The van der Waals surface area contributed by atoms with Gasteiger partial charge < -0.3 is 4.74 Å². The van der Waals surface area contributed by atoms with Crippen LogP contribution in [0.2, 0.25) is 0 Å². The van der Waals surface area contributed by atoms with Crippen molar-refractivity contribution in [3.8, 4) is 23.6 Å². The van der Waals surface area contributed by atoms with Gasteiger partial charge in [-0.3, -0.25) is 4.68 Å². The lowest BCUT2D eigenvalue weighted by atomic mass is 9.88. The fourth-order valence-corrected chi connectivity index (χ4v) is 4.08. The SMILES string of the molecule is Cn1cc(-n2ncc3cc(C#N)c(OC4CCCc5cc(C#N)ccc54)cc32)cn1. The fraction of sp³-hybridized carbons (Fsp3) is 0.217. The van der Waals surface area contributed by atoms with Crippen LogP contribution in [0.4, 0.5) is 0 Å². The molecule has 0 amide bonds. The molecule has 2 aromatic heterocycles. The Bertz CT molecular complexity index is 1350. The number of hydrogen-bond donors (Lipinski definition) is 0. The third kappa shape index (κ3) is 2.98. The highest BCUT2D eigenvalue weighted by molar-refractivity contribution is 5.84. The van der Waals surface area contributed by atoms with E-state index >= 15 is 0 Å². The first-order valence-electron chi connectivity index (χ1n) is 9.77. The van der Waals surface area contributed by atoms with E-state index in [0.29, 0.717) is 16.9 Å². The molecule has 0 N–H and O–H groups in total. The van der Waals surface area contributed by atoms with Crippen molar-refractivity contribution in [2.24, 2.45) is 7.05 Å². The van der Waals surface area contributed by atoms with Gasteiger partial charge >= 0.3 is 0 Å². The molecular formula is C23H18N6O. The summed E-state index contributed by atoms with van der Waals surface area (Å²) >= 11 is 0. The van der Waals surface area contributed by atoms with E-state index in [-0.39, 0.29) is 6.10 Å². The summed E-state index contributed by atoms with van der Waals surface area (Å²) in [5.41, 5.74) is 5.07. The summed E-state index contributed by atoms with van der Waals surface area (Å²) in [6.07, 6.45) is 7.99. The van der Waals surface area contributed by atoms with E-state index < -0.39 is 0 Å². The van der Waals surface area contributed by atoms with E-state index in [1.54, 1.807) is 21.8 Å². The number of aromatic nitrogens is 4. The highest BCUT2D eigenvalue weighted by atomic mass is 16.5. The Labute approximate surface area is 173 Å². The average Bonchev–Trinajstić information content (AvgIpc) is 3.38. The Kier molecular flexibility index (Phi) is 4.22. The van der Waals surface area contributed by atoms with Crippen molar-refractivity contribution in [3.63, 3.8) is 0 Å². The van der Waals surface area contributed by atoms with Crippen molar-refractivity contribution in [1.29, 1.82) is 10.5 Å². The van der Waals surface area contributed by atoms with Gasteiger partial charge in [-0.1, -0.05) is 6.07 Å². The van der Waals surface area contributed by atoms with Crippen molar-refractivity contribution in [1.82, 2.24) is 19.6 Å². The van der Waals surface area contributed by atoms with Gasteiger partial charge in [-0.25, -0.2) is 4.68 Å². The summed E-state index contributed by atoms with van der Waals surface area (Å²) in [5.74, 6) is 0.540. The Morgan fingerprint density at radius 3 is 2.77 bits per heavy atom. The first-order valence-corrected chi connectivity index (χ1v) is 9.77. The monoisotopic (exact) mass is 394 g/mol. The van der Waals surface area contributed by atoms with Crippen LogP contribution in [0, 0.1) is 22.7 Å². The van der Waals surface area contributed by atoms with Gasteiger partial charge in [0.1, 0.15) is 23.6 Å². The van der Waals surface area contributed by atoms with Crippen molar-refractivity contribution in [3.05, 3.63) is 71.2 Å². The third-order valence-corrected chi connectivity index (χ3v) is 5.53. The number of fused-ring (bicyclic) bond motifs is 2. The van der Waals surface area contributed by atoms with E-state index in [0.717, 1.165) is 47.0 Å². The van der Waals surface area contributed by atoms with Crippen molar-refractivity contribution >= 4 is 10.9 Å². The summed E-state index contributed by atoms with van der Waals surface area (Å²) < 4.78 is 9.90. The van der Waals surface area contributed by atoms with Crippen molar-refractivity contribution < 1.29 is 4.74 Å². The van der Waals surface area contributed by atoms with E-state index in [9.17, 15) is 10.5 Å². The zero-order valence-corrected chi connectivity index (χ0v) is 16.4. The normalized spacial score (nSPS) is 15.4. The molecule has 1 aliphatic carbocycles. The molecule has 0 saturated carbocycles. The van der Waals surface area contributed by atoms with E-state index in [1.165, 1.54) is 0 Å². The van der Waals surface area contributed by atoms with Gasteiger partial charge in [-0.05, 0) is 48.6 Å². The first-order chi connectivity index (χ1) is 14.7. The number of aryl methyl sites for hydroxylation is 2. The maximum Gasteiger partial charge on any atom is 0.140 e. The van der Waals surface area contributed by atoms with Crippen LogP contribution in [0.1, 0.15) is 41.2 Å². The molecule has 0 saturated heterocycles. The highest BCUT2D eigenvalue weighted by Crippen LogP contribution is 2.36. The van der Waals surface area contributed by atoms with E-state index in [4.69, 9.17) is 4.74 Å². The van der Waals surface area contributed by atoms with Gasteiger partial charge in [0.05, 0.1) is 41.3 Å². The smallest absolute Gasteiger partial charge is 0.140 e. The molecule has 0 spiro atoms. The number of nitriles is 2. The summed E-state index contributed by atoms with van der Waals surface area (Å²) in [7, 11) is 1.86. The van der Waals surface area contributed by atoms with Gasteiger partial charge in [0, 0.05) is 18.5 Å². The molecule has 1 unspecified atom stereocenters. The molecule has 2 heterocycles. The molecule has 7 heteroatoms. The number of ether oxygens (including phenoxy) is 1. The standard InChI is InChI=1S/C23H18N6O/c1-28-14-19(13-26-28)29-21-9-23(17(11-25)8-18(21)12-27-29)30-22-4-2-3-16-7-15(10-24)5-6-20(16)22/h5-9,12-14,22H,2-4H2,1H3. The van der Waals surface area contributed by atoms with Crippen LogP contribution < -0.4 is 4.74 Å². The Balaban J connectivity index is 1.57. The largest absolute Gasteiger partial charge is 0.484 e. The van der Waals surface area contributed by atoms with Crippen LogP contribution >= 0.6 is 0 Å². The lowest BCUT2D eigenvalue weighted by molar-refractivity contribution is 0.183. The summed E-state index contributed by atoms with van der Waals surface area (Å²) in [4.78, 5) is 0. The van der Waals surface area contributed by atoms with Gasteiger partial charge in [-0.2, -0.15) is 20.7 Å². The van der Waals surface area contributed by atoms with Crippen LogP contribution in [0.5, 0.6) is 5.75 Å². The number of benzene rings is 2. The molecule has 0 aliphatic heterocycles. The summed E-state index contributed by atoms with van der Waals surface area (Å²) in [5, 5.41) is 28.4. The topological polar surface area (TPSA) is 92.5 Å². The second kappa shape index (κ2) is 7.06. The fourth-order valence-electron chi connectivity index (χ4n) is 4.08. The molecule has 2 aromatic carbocycles. The Morgan fingerprint density at radius 2 is 2.00 bits per heavy atom. The number of rotatable bonds is 3. The molecule has 0 bridgehead atoms. The zero-order valence-electron chi connectivity index (χ0n) is 16.4. The van der Waals surface area contributed by atoms with Crippen LogP contribution in [-0.2, 0) is 13.5 Å². The molecule has 0 radical (unpaired) electrons. The third-order valence-electron chi connectivity index (χ3n) is 5.53. The summed E-state index contributed by atoms with van der Waals surface area (Å²) in [6, 6.07) is 13.9. The minimum absolute atomic E-state index is 0.152. The lowest BCUT2D eigenvalue weighted by Gasteiger charge is -2.27. The molecule has 7 nitrogen and oxygen atoms in total. The van der Waals surface area contributed by atoms with Crippen LogP contribution in [0.25, 0.3) is 16.6 Å². The predicted octanol–water partition coefficient (Wildman–Crippen LogP) is 3.96. The lowest BCUT2D eigenvalue weighted by Crippen LogP contribution is -2.16.